The average molecular weight is 212 g/mol. The van der Waals surface area contributed by atoms with Gasteiger partial charge >= 0.3 is 0 Å². The van der Waals surface area contributed by atoms with Crippen molar-refractivity contribution in [1.82, 2.24) is 4.90 Å². The molecule has 0 saturated carbocycles. The molecule has 2 atom stereocenters. The molecule has 0 amide bonds. The zero-order valence-corrected chi connectivity index (χ0v) is 10.5. The summed E-state index contributed by atoms with van der Waals surface area (Å²) in [6.07, 6.45) is 6.84. The van der Waals surface area contributed by atoms with Crippen LogP contribution in [0.4, 0.5) is 0 Å². The van der Waals surface area contributed by atoms with Crippen LogP contribution in [0.2, 0.25) is 0 Å². The second-order valence-electron chi connectivity index (χ2n) is 5.36. The van der Waals surface area contributed by atoms with Crippen molar-refractivity contribution < 1.29 is 0 Å². The van der Waals surface area contributed by atoms with Crippen LogP contribution in [0, 0.1) is 11.8 Å². The van der Waals surface area contributed by atoms with E-state index in [2.05, 4.69) is 18.7 Å². The van der Waals surface area contributed by atoms with Gasteiger partial charge in [-0.15, -0.1) is 0 Å². The summed E-state index contributed by atoms with van der Waals surface area (Å²) in [5.41, 5.74) is 5.62. The van der Waals surface area contributed by atoms with Gasteiger partial charge in [-0.25, -0.2) is 0 Å². The van der Waals surface area contributed by atoms with Crippen LogP contribution in [0.5, 0.6) is 0 Å². The molecule has 0 radical (unpaired) electrons. The van der Waals surface area contributed by atoms with Crippen molar-refractivity contribution in [2.24, 2.45) is 17.6 Å². The molecule has 1 rings (SSSR count). The summed E-state index contributed by atoms with van der Waals surface area (Å²) in [4.78, 5) is 2.65. The van der Waals surface area contributed by atoms with Gasteiger partial charge < -0.3 is 10.6 Å². The van der Waals surface area contributed by atoms with Crippen molar-refractivity contribution in [1.29, 1.82) is 0 Å². The average Bonchev–Trinajstić information content (AvgIpc) is 2.43. The summed E-state index contributed by atoms with van der Waals surface area (Å²) in [5, 5.41) is 0. The van der Waals surface area contributed by atoms with Gasteiger partial charge in [0.15, 0.2) is 0 Å². The number of rotatable bonds is 5. The highest BCUT2D eigenvalue weighted by Crippen LogP contribution is 2.17. The Bertz CT molecular complexity index is 159. The van der Waals surface area contributed by atoms with E-state index in [9.17, 15) is 0 Å². The molecule has 1 fully saturated rings. The second kappa shape index (κ2) is 7.24. The topological polar surface area (TPSA) is 29.3 Å². The second-order valence-corrected chi connectivity index (χ2v) is 5.36. The number of hydrogen-bond acceptors (Lipinski definition) is 2. The lowest BCUT2D eigenvalue weighted by molar-refractivity contribution is 0.269. The van der Waals surface area contributed by atoms with Gasteiger partial charge in [0.25, 0.3) is 0 Å². The lowest BCUT2D eigenvalue weighted by atomic mass is 10.0. The monoisotopic (exact) mass is 212 g/mol. The van der Waals surface area contributed by atoms with Gasteiger partial charge in [-0.2, -0.15) is 0 Å². The Labute approximate surface area is 95.2 Å². The normalized spacial score (nSPS) is 26.2. The third-order valence-corrected chi connectivity index (χ3v) is 3.68. The first kappa shape index (κ1) is 13.0. The molecule has 0 spiro atoms. The fourth-order valence-electron chi connectivity index (χ4n) is 2.33. The van der Waals surface area contributed by atoms with Crippen molar-refractivity contribution in [2.45, 2.75) is 46.0 Å². The van der Waals surface area contributed by atoms with Crippen molar-refractivity contribution in [3.63, 3.8) is 0 Å². The number of likely N-dealkylation sites (tertiary alicyclic amines) is 1. The minimum absolute atomic E-state index is 0.705. The van der Waals surface area contributed by atoms with E-state index < -0.39 is 0 Å². The van der Waals surface area contributed by atoms with Gasteiger partial charge in [0.1, 0.15) is 0 Å². The Morgan fingerprint density at radius 1 is 1.33 bits per heavy atom. The van der Waals surface area contributed by atoms with Gasteiger partial charge in [0.2, 0.25) is 0 Å². The molecule has 2 nitrogen and oxygen atoms in total. The van der Waals surface area contributed by atoms with Gasteiger partial charge in [0.05, 0.1) is 0 Å². The first-order valence-corrected chi connectivity index (χ1v) is 6.64. The first-order chi connectivity index (χ1) is 7.22. The Balaban J connectivity index is 2.10. The third kappa shape index (κ3) is 5.53. The van der Waals surface area contributed by atoms with Crippen LogP contribution in [0.25, 0.3) is 0 Å². The van der Waals surface area contributed by atoms with E-state index in [4.69, 9.17) is 5.73 Å². The van der Waals surface area contributed by atoms with E-state index in [1.807, 2.05) is 0 Å². The minimum Gasteiger partial charge on any atom is -0.330 e. The molecule has 1 aliphatic heterocycles. The largest absolute Gasteiger partial charge is 0.330 e. The molecule has 2 N–H and O–H groups in total. The highest BCUT2D eigenvalue weighted by Gasteiger charge is 2.13. The maximum atomic E-state index is 5.62. The van der Waals surface area contributed by atoms with Crippen molar-refractivity contribution in [3.05, 3.63) is 0 Å². The quantitative estimate of drug-likeness (QED) is 0.758. The van der Waals surface area contributed by atoms with Gasteiger partial charge in [-0.1, -0.05) is 13.8 Å². The first-order valence-electron chi connectivity index (χ1n) is 6.64. The molecule has 2 heteroatoms. The summed E-state index contributed by atoms with van der Waals surface area (Å²) in [5.74, 6) is 1.65. The number of hydrogen-bond donors (Lipinski definition) is 1. The zero-order chi connectivity index (χ0) is 11.1. The molecule has 0 bridgehead atoms. The van der Waals surface area contributed by atoms with Crippen molar-refractivity contribution >= 4 is 0 Å². The fraction of sp³-hybridized carbons (Fsp3) is 1.00. The molecule has 0 aromatic heterocycles. The molecule has 1 heterocycles. The van der Waals surface area contributed by atoms with Crippen molar-refractivity contribution in [3.8, 4) is 0 Å². The smallest absolute Gasteiger partial charge is 0.00162 e. The van der Waals surface area contributed by atoms with Crippen LogP contribution < -0.4 is 5.73 Å². The third-order valence-electron chi connectivity index (χ3n) is 3.68. The van der Waals surface area contributed by atoms with E-state index >= 15 is 0 Å². The van der Waals surface area contributed by atoms with Crippen LogP contribution in [0.1, 0.15) is 46.0 Å². The predicted octanol–water partition coefficient (Wildman–Crippen LogP) is 2.48. The van der Waals surface area contributed by atoms with Gasteiger partial charge in [-0.3, -0.25) is 0 Å². The lowest BCUT2D eigenvalue weighted by Gasteiger charge is -2.20. The summed E-state index contributed by atoms with van der Waals surface area (Å²) < 4.78 is 0. The number of nitrogens with two attached hydrogens (primary N) is 1. The Morgan fingerprint density at radius 3 is 2.87 bits per heavy atom. The summed E-state index contributed by atoms with van der Waals surface area (Å²) >= 11 is 0. The fourth-order valence-corrected chi connectivity index (χ4v) is 2.33. The standard InChI is InChI=1S/C13H28N2/c1-12-5-3-8-15(10-7-12)9-4-6-13(2)11-14/h12-13H,3-11,14H2,1-2H3. The molecular weight excluding hydrogens is 184 g/mol. The highest BCUT2D eigenvalue weighted by molar-refractivity contribution is 4.67. The lowest BCUT2D eigenvalue weighted by Crippen LogP contribution is -2.26. The van der Waals surface area contributed by atoms with Gasteiger partial charge in [0, 0.05) is 0 Å². The Morgan fingerprint density at radius 2 is 2.13 bits per heavy atom. The predicted molar refractivity (Wildman–Crippen MR) is 66.9 cm³/mol. The van der Waals surface area contributed by atoms with Crippen LogP contribution in [0.15, 0.2) is 0 Å². The number of nitrogens with zero attached hydrogens (tertiary/aromatic N) is 1. The van der Waals surface area contributed by atoms with Crippen LogP contribution in [-0.4, -0.2) is 31.1 Å². The zero-order valence-electron chi connectivity index (χ0n) is 10.5. The molecule has 15 heavy (non-hydrogen) atoms. The molecule has 0 aliphatic carbocycles. The van der Waals surface area contributed by atoms with E-state index in [1.165, 1.54) is 51.7 Å². The van der Waals surface area contributed by atoms with Crippen molar-refractivity contribution in [2.75, 3.05) is 26.2 Å². The highest BCUT2D eigenvalue weighted by atomic mass is 15.1. The van der Waals surface area contributed by atoms with E-state index in [1.54, 1.807) is 0 Å². The maximum absolute atomic E-state index is 5.62. The van der Waals surface area contributed by atoms with E-state index in [0.717, 1.165) is 12.5 Å². The van der Waals surface area contributed by atoms with Crippen LogP contribution in [-0.2, 0) is 0 Å². The molecular formula is C13H28N2. The van der Waals surface area contributed by atoms with E-state index in [0.29, 0.717) is 5.92 Å². The molecule has 90 valence electrons. The molecule has 2 unspecified atom stereocenters. The van der Waals surface area contributed by atoms with Crippen LogP contribution in [0.3, 0.4) is 0 Å². The summed E-state index contributed by atoms with van der Waals surface area (Å²) in [6.45, 7) is 9.41. The minimum atomic E-state index is 0.705. The summed E-state index contributed by atoms with van der Waals surface area (Å²) in [6, 6.07) is 0. The molecule has 1 aliphatic rings. The van der Waals surface area contributed by atoms with Gasteiger partial charge in [-0.05, 0) is 70.1 Å². The maximum Gasteiger partial charge on any atom is -0.00162 e. The SMILES string of the molecule is CC(CN)CCCN1CCCC(C)CC1. The molecule has 0 aromatic rings. The Kier molecular flexibility index (Phi) is 6.26. The van der Waals surface area contributed by atoms with E-state index in [-0.39, 0.29) is 0 Å². The van der Waals surface area contributed by atoms with Crippen LogP contribution >= 0.6 is 0 Å². The summed E-state index contributed by atoms with van der Waals surface area (Å²) in [7, 11) is 0. The molecule has 0 aromatic carbocycles. The Hall–Kier alpha value is -0.0800. The molecule has 1 saturated heterocycles.